The van der Waals surface area contributed by atoms with Crippen molar-refractivity contribution in [2.45, 2.75) is 27.3 Å². The zero-order valence-corrected chi connectivity index (χ0v) is 13.1. The van der Waals surface area contributed by atoms with Gasteiger partial charge in [0.1, 0.15) is 5.69 Å². The minimum atomic E-state index is -0.389. The Morgan fingerprint density at radius 3 is 2.86 bits per heavy atom. The van der Waals surface area contributed by atoms with Crippen LogP contribution in [0.5, 0.6) is 0 Å². The molecule has 0 radical (unpaired) electrons. The third-order valence-corrected chi connectivity index (χ3v) is 3.77. The van der Waals surface area contributed by atoms with Crippen molar-refractivity contribution in [3.63, 3.8) is 0 Å². The van der Waals surface area contributed by atoms with E-state index in [1.165, 1.54) is 11.3 Å². The number of nitrogens with zero attached hydrogens (tertiary/aromatic N) is 5. The van der Waals surface area contributed by atoms with Gasteiger partial charge in [-0.25, -0.2) is 4.98 Å². The molecule has 3 aromatic rings. The average molecular weight is 318 g/mol. The van der Waals surface area contributed by atoms with Crippen LogP contribution in [0.25, 0.3) is 11.6 Å². The number of thiazole rings is 1. The van der Waals surface area contributed by atoms with Crippen molar-refractivity contribution in [3.05, 3.63) is 27.8 Å². The Labute approximate surface area is 130 Å². The first kappa shape index (κ1) is 14.4. The van der Waals surface area contributed by atoms with E-state index in [-0.39, 0.29) is 17.8 Å². The third kappa shape index (κ3) is 2.75. The molecule has 0 bridgehead atoms. The lowest BCUT2D eigenvalue weighted by molar-refractivity contribution is 0.101. The van der Waals surface area contributed by atoms with Crippen LogP contribution in [-0.2, 0) is 6.54 Å². The summed E-state index contributed by atoms with van der Waals surface area (Å²) in [6, 6.07) is 1.73. The van der Waals surface area contributed by atoms with E-state index >= 15 is 0 Å². The van der Waals surface area contributed by atoms with Crippen molar-refractivity contribution >= 4 is 23.3 Å². The van der Waals surface area contributed by atoms with Crippen molar-refractivity contribution < 1.29 is 9.21 Å². The summed E-state index contributed by atoms with van der Waals surface area (Å²) in [5.74, 6) is -0.116. The van der Waals surface area contributed by atoms with Crippen LogP contribution in [0.4, 0.5) is 6.01 Å². The molecular formula is C13H14N6O2S. The molecule has 0 atom stereocenters. The van der Waals surface area contributed by atoms with Crippen LogP contribution in [0.15, 0.2) is 15.9 Å². The Kier molecular flexibility index (Phi) is 3.72. The molecule has 1 N–H and O–H groups in total. The van der Waals surface area contributed by atoms with Crippen molar-refractivity contribution in [2.24, 2.45) is 0 Å². The Hall–Kier alpha value is -2.55. The molecule has 0 saturated carbocycles. The number of carbonyl (C=O) groups is 1. The number of hydrogen-bond donors (Lipinski definition) is 1. The predicted molar refractivity (Wildman–Crippen MR) is 80.7 cm³/mol. The number of amides is 1. The standard InChI is InChI=1S/C13H14N6O2S/c1-4-19-7(2)5-9(18-19)11(20)15-13-17-16-12(21-13)10-6-22-8(3)14-10/h5-6H,4H2,1-3H3,(H,15,17,20). The Morgan fingerprint density at radius 1 is 1.41 bits per heavy atom. The third-order valence-electron chi connectivity index (χ3n) is 3.00. The highest BCUT2D eigenvalue weighted by Crippen LogP contribution is 2.21. The van der Waals surface area contributed by atoms with Gasteiger partial charge < -0.3 is 4.42 Å². The quantitative estimate of drug-likeness (QED) is 0.792. The highest BCUT2D eigenvalue weighted by molar-refractivity contribution is 7.09. The fourth-order valence-electron chi connectivity index (χ4n) is 1.94. The molecule has 1 amide bonds. The van der Waals surface area contributed by atoms with Crippen molar-refractivity contribution in [1.82, 2.24) is 25.0 Å². The van der Waals surface area contributed by atoms with E-state index in [1.54, 1.807) is 10.7 Å². The van der Waals surface area contributed by atoms with E-state index in [4.69, 9.17) is 4.42 Å². The first-order chi connectivity index (χ1) is 10.6. The number of carbonyl (C=O) groups excluding carboxylic acids is 1. The zero-order valence-electron chi connectivity index (χ0n) is 12.3. The first-order valence-corrected chi connectivity index (χ1v) is 7.56. The van der Waals surface area contributed by atoms with Gasteiger partial charge in [0.25, 0.3) is 11.8 Å². The number of anilines is 1. The molecule has 114 valence electrons. The molecule has 0 saturated heterocycles. The summed E-state index contributed by atoms with van der Waals surface area (Å²) < 4.78 is 7.14. The van der Waals surface area contributed by atoms with Gasteiger partial charge in [0.2, 0.25) is 0 Å². The predicted octanol–water partition coefficient (Wildman–Crippen LogP) is 2.28. The van der Waals surface area contributed by atoms with Crippen LogP contribution in [0, 0.1) is 13.8 Å². The summed E-state index contributed by atoms with van der Waals surface area (Å²) in [6.45, 7) is 6.44. The molecular weight excluding hydrogens is 304 g/mol. The minimum Gasteiger partial charge on any atom is -0.401 e. The molecule has 0 fully saturated rings. The summed E-state index contributed by atoms with van der Waals surface area (Å²) in [5, 5.41) is 17.1. The summed E-state index contributed by atoms with van der Waals surface area (Å²) in [5.41, 5.74) is 1.82. The SMILES string of the molecule is CCn1nc(C(=O)Nc2nnc(-c3csc(C)n3)o2)cc1C. The Balaban J connectivity index is 1.75. The van der Waals surface area contributed by atoms with Crippen LogP contribution >= 0.6 is 11.3 Å². The van der Waals surface area contributed by atoms with Gasteiger partial charge in [-0.2, -0.15) is 5.10 Å². The van der Waals surface area contributed by atoms with Crippen LogP contribution < -0.4 is 5.32 Å². The summed E-state index contributed by atoms with van der Waals surface area (Å²) in [6.07, 6.45) is 0. The lowest BCUT2D eigenvalue weighted by atomic mass is 10.3. The smallest absolute Gasteiger partial charge is 0.322 e. The first-order valence-electron chi connectivity index (χ1n) is 6.68. The minimum absolute atomic E-state index is 0.0226. The molecule has 0 aliphatic heterocycles. The topological polar surface area (TPSA) is 98.7 Å². The maximum atomic E-state index is 12.1. The normalized spacial score (nSPS) is 10.9. The highest BCUT2D eigenvalue weighted by Gasteiger charge is 2.16. The molecule has 0 unspecified atom stereocenters. The molecule has 0 aromatic carbocycles. The van der Waals surface area contributed by atoms with Crippen LogP contribution in [0.3, 0.4) is 0 Å². The Bertz CT molecular complexity index is 818. The largest absolute Gasteiger partial charge is 0.401 e. The summed E-state index contributed by atoms with van der Waals surface area (Å²) in [7, 11) is 0. The van der Waals surface area contributed by atoms with Gasteiger partial charge in [-0.05, 0) is 26.8 Å². The zero-order chi connectivity index (χ0) is 15.7. The molecule has 0 aliphatic carbocycles. The van der Waals surface area contributed by atoms with Gasteiger partial charge >= 0.3 is 6.01 Å². The van der Waals surface area contributed by atoms with Gasteiger partial charge in [-0.1, -0.05) is 5.10 Å². The van der Waals surface area contributed by atoms with Gasteiger partial charge in [-0.3, -0.25) is 14.8 Å². The molecule has 3 heterocycles. The van der Waals surface area contributed by atoms with Crippen LogP contribution in [0.1, 0.15) is 28.1 Å². The number of aromatic nitrogens is 5. The van der Waals surface area contributed by atoms with Gasteiger partial charge in [0.15, 0.2) is 5.69 Å². The van der Waals surface area contributed by atoms with E-state index in [2.05, 4.69) is 25.6 Å². The summed E-state index contributed by atoms with van der Waals surface area (Å²) in [4.78, 5) is 16.4. The molecule has 0 aliphatic rings. The summed E-state index contributed by atoms with van der Waals surface area (Å²) >= 11 is 1.49. The highest BCUT2D eigenvalue weighted by atomic mass is 32.1. The van der Waals surface area contributed by atoms with Crippen molar-refractivity contribution in [3.8, 4) is 11.6 Å². The average Bonchev–Trinajstić information content (AvgIpc) is 3.18. The number of aryl methyl sites for hydroxylation is 3. The second-order valence-corrected chi connectivity index (χ2v) is 5.67. The molecule has 3 aromatic heterocycles. The van der Waals surface area contributed by atoms with E-state index in [9.17, 15) is 4.79 Å². The van der Waals surface area contributed by atoms with Gasteiger partial charge in [-0.15, -0.1) is 16.4 Å². The lowest BCUT2D eigenvalue weighted by Crippen LogP contribution is -2.13. The second kappa shape index (κ2) is 5.68. The number of hydrogen-bond acceptors (Lipinski definition) is 7. The monoisotopic (exact) mass is 318 g/mol. The van der Waals surface area contributed by atoms with Gasteiger partial charge in [0.05, 0.1) is 5.01 Å². The van der Waals surface area contributed by atoms with E-state index in [0.29, 0.717) is 17.9 Å². The molecule has 3 rings (SSSR count). The van der Waals surface area contributed by atoms with Gasteiger partial charge in [0, 0.05) is 17.6 Å². The molecule has 8 nitrogen and oxygen atoms in total. The lowest BCUT2D eigenvalue weighted by Gasteiger charge is -1.97. The molecule has 9 heteroatoms. The maximum Gasteiger partial charge on any atom is 0.322 e. The van der Waals surface area contributed by atoms with Crippen molar-refractivity contribution in [1.29, 1.82) is 0 Å². The number of rotatable bonds is 4. The van der Waals surface area contributed by atoms with E-state index in [1.807, 2.05) is 26.2 Å². The fourth-order valence-corrected chi connectivity index (χ4v) is 2.53. The van der Waals surface area contributed by atoms with E-state index < -0.39 is 0 Å². The molecule has 0 spiro atoms. The number of nitrogens with one attached hydrogen (secondary N) is 1. The van der Waals surface area contributed by atoms with E-state index in [0.717, 1.165) is 10.7 Å². The second-order valence-electron chi connectivity index (χ2n) is 4.60. The fraction of sp³-hybridized carbons (Fsp3) is 0.308. The Morgan fingerprint density at radius 2 is 2.23 bits per heavy atom. The molecule has 22 heavy (non-hydrogen) atoms. The van der Waals surface area contributed by atoms with Crippen LogP contribution in [0.2, 0.25) is 0 Å². The van der Waals surface area contributed by atoms with Crippen LogP contribution in [-0.4, -0.2) is 30.9 Å². The van der Waals surface area contributed by atoms with Crippen molar-refractivity contribution in [2.75, 3.05) is 5.32 Å². The maximum absolute atomic E-state index is 12.1.